The highest BCUT2D eigenvalue weighted by atomic mass is 14.9. The maximum absolute atomic E-state index is 5.28. The molecule has 0 N–H and O–H groups in total. The first-order valence-corrected chi connectivity index (χ1v) is 21.9. The Balaban J connectivity index is 0.963. The van der Waals surface area contributed by atoms with Crippen LogP contribution in [0.3, 0.4) is 0 Å². The van der Waals surface area contributed by atoms with Crippen molar-refractivity contribution >= 4 is 32.7 Å². The zero-order valence-electron chi connectivity index (χ0n) is 35.2. The van der Waals surface area contributed by atoms with Crippen LogP contribution in [0.4, 0.5) is 0 Å². The van der Waals surface area contributed by atoms with Crippen LogP contribution in [0.25, 0.3) is 88.8 Å². The summed E-state index contributed by atoms with van der Waals surface area (Å²) >= 11 is 0. The van der Waals surface area contributed by atoms with Gasteiger partial charge in [-0.15, -0.1) is 0 Å². The molecule has 12 rings (SSSR count). The number of hydrogen-bond acceptors (Lipinski definition) is 3. The van der Waals surface area contributed by atoms with E-state index in [4.69, 9.17) is 9.97 Å². The van der Waals surface area contributed by atoms with Gasteiger partial charge in [0.2, 0.25) is 0 Å². The molecule has 2 heterocycles. The van der Waals surface area contributed by atoms with Crippen molar-refractivity contribution in [1.82, 2.24) is 15.0 Å². The molecule has 3 heteroatoms. The summed E-state index contributed by atoms with van der Waals surface area (Å²) in [4.78, 5) is 14.8. The lowest BCUT2D eigenvalue weighted by molar-refractivity contribution is 0.664. The molecule has 3 nitrogen and oxygen atoms in total. The van der Waals surface area contributed by atoms with Crippen molar-refractivity contribution in [2.45, 2.75) is 19.3 Å². The molecular weight excluding hydrogens is 763 g/mol. The maximum atomic E-state index is 5.28. The summed E-state index contributed by atoms with van der Waals surface area (Å²) in [5.74, 6) is 1.10. The third-order valence-corrected chi connectivity index (χ3v) is 13.6. The summed E-state index contributed by atoms with van der Waals surface area (Å²) in [6.45, 7) is 4.79. The molecule has 298 valence electrons. The Morgan fingerprint density at radius 3 is 1.92 bits per heavy atom. The number of aromatic nitrogens is 3. The van der Waals surface area contributed by atoms with E-state index in [9.17, 15) is 0 Å². The highest BCUT2D eigenvalue weighted by Crippen LogP contribution is 2.53. The summed E-state index contributed by atoms with van der Waals surface area (Å²) < 4.78 is 0. The van der Waals surface area contributed by atoms with Crippen LogP contribution in [0.1, 0.15) is 36.1 Å². The van der Waals surface area contributed by atoms with Gasteiger partial charge >= 0.3 is 0 Å². The number of hydrogen-bond donors (Lipinski definition) is 0. The van der Waals surface area contributed by atoms with Crippen LogP contribution in [0.15, 0.2) is 213 Å². The highest BCUT2D eigenvalue weighted by Gasteiger charge is 2.38. The van der Waals surface area contributed by atoms with Crippen LogP contribution in [0, 0.1) is 11.8 Å². The summed E-state index contributed by atoms with van der Waals surface area (Å²) in [5, 5.41) is 5.03. The van der Waals surface area contributed by atoms with E-state index in [0.717, 1.165) is 39.2 Å². The lowest BCUT2D eigenvalue weighted by Crippen LogP contribution is -2.20. The van der Waals surface area contributed by atoms with Gasteiger partial charge in [-0.25, -0.2) is 9.97 Å². The number of pyridine rings is 1. The van der Waals surface area contributed by atoms with Crippen LogP contribution in [-0.4, -0.2) is 15.0 Å². The predicted molar refractivity (Wildman–Crippen MR) is 262 cm³/mol. The lowest BCUT2D eigenvalue weighted by Gasteiger charge is -2.33. The van der Waals surface area contributed by atoms with Crippen LogP contribution in [-0.2, 0) is 5.41 Å². The van der Waals surface area contributed by atoms with E-state index in [1.807, 2.05) is 36.7 Å². The number of rotatable bonds is 6. The van der Waals surface area contributed by atoms with Gasteiger partial charge in [-0.1, -0.05) is 190 Å². The first-order valence-electron chi connectivity index (χ1n) is 21.9. The Kier molecular flexibility index (Phi) is 8.65. The maximum Gasteiger partial charge on any atom is 0.160 e. The van der Waals surface area contributed by atoms with Gasteiger partial charge in [0, 0.05) is 51.9 Å². The molecule has 0 spiro atoms. The van der Waals surface area contributed by atoms with Crippen LogP contribution >= 0.6 is 0 Å². The third-order valence-electron chi connectivity index (χ3n) is 13.6. The van der Waals surface area contributed by atoms with E-state index >= 15 is 0 Å². The average Bonchev–Trinajstić information content (AvgIpc) is 3.59. The Morgan fingerprint density at radius 2 is 1.10 bits per heavy atom. The average molecular weight is 806 g/mol. The quantitative estimate of drug-likeness (QED) is 0.168. The van der Waals surface area contributed by atoms with Gasteiger partial charge in [0.25, 0.3) is 0 Å². The second-order valence-corrected chi connectivity index (χ2v) is 17.5. The number of benzene rings is 7. The van der Waals surface area contributed by atoms with Gasteiger partial charge in [0.15, 0.2) is 5.82 Å². The number of allylic oxidation sites excluding steroid dienone is 8. The van der Waals surface area contributed by atoms with Crippen molar-refractivity contribution in [3.63, 3.8) is 0 Å². The highest BCUT2D eigenvalue weighted by molar-refractivity contribution is 6.04. The minimum Gasteiger partial charge on any atom is -0.264 e. The topological polar surface area (TPSA) is 38.7 Å². The third kappa shape index (κ3) is 6.14. The molecule has 9 aromatic rings. The molecule has 0 saturated heterocycles. The second-order valence-electron chi connectivity index (χ2n) is 17.5. The van der Waals surface area contributed by atoms with Crippen molar-refractivity contribution in [2.24, 2.45) is 11.8 Å². The molecule has 0 aliphatic heterocycles. The van der Waals surface area contributed by atoms with Crippen molar-refractivity contribution in [1.29, 1.82) is 0 Å². The summed E-state index contributed by atoms with van der Waals surface area (Å²) in [7, 11) is 0. The molecule has 2 unspecified atom stereocenters. The molecule has 7 aromatic carbocycles. The largest absolute Gasteiger partial charge is 0.264 e. The zero-order chi connectivity index (χ0) is 42.1. The summed E-state index contributed by atoms with van der Waals surface area (Å²) in [6.07, 6.45) is 17.7. The lowest BCUT2D eigenvalue weighted by atomic mass is 9.70. The summed E-state index contributed by atoms with van der Waals surface area (Å²) in [5.41, 5.74) is 17.7. The fraction of sp³-hybridized carbons (Fsp3) is 0.0833. The SMILES string of the molecule is CC1(C)c2cc(C3=CC=C(c4ccc(-c5cc(-c6cccc(-c7cccnc7)c6)nc(-c6ccccc6)n5)c5ccccc45)C4C=CC=CC34)ccc2-c2ccc3ccccc3c21. The van der Waals surface area contributed by atoms with Gasteiger partial charge in [0.05, 0.1) is 11.4 Å². The molecule has 3 aliphatic carbocycles. The molecule has 0 amide bonds. The van der Waals surface area contributed by atoms with Gasteiger partial charge < -0.3 is 0 Å². The van der Waals surface area contributed by atoms with E-state index < -0.39 is 0 Å². The molecule has 3 aliphatic rings. The first-order chi connectivity index (χ1) is 31.0. The first kappa shape index (κ1) is 37.0. The number of fused-ring (bicyclic) bond motifs is 7. The Bertz CT molecular complexity index is 3420. The van der Waals surface area contributed by atoms with Gasteiger partial charge in [-0.2, -0.15) is 0 Å². The molecule has 0 fully saturated rings. The Morgan fingerprint density at radius 1 is 0.444 bits per heavy atom. The minimum atomic E-state index is -0.115. The van der Waals surface area contributed by atoms with Gasteiger partial charge in [-0.3, -0.25) is 4.98 Å². The molecule has 2 atom stereocenters. The van der Waals surface area contributed by atoms with Crippen molar-refractivity contribution in [3.8, 4) is 56.2 Å². The minimum absolute atomic E-state index is 0.115. The van der Waals surface area contributed by atoms with Gasteiger partial charge in [0.1, 0.15) is 0 Å². The van der Waals surface area contributed by atoms with E-state index in [0.29, 0.717) is 5.82 Å². The Labute approximate surface area is 368 Å². The molecule has 0 bridgehead atoms. The summed E-state index contributed by atoms with van der Waals surface area (Å²) in [6, 6.07) is 59.1. The fourth-order valence-corrected chi connectivity index (χ4v) is 10.6. The van der Waals surface area contributed by atoms with Crippen molar-refractivity contribution < 1.29 is 0 Å². The standard InChI is InChI=1S/C60H43N3/c1-60(2)55-35-41(26-27-52(55)54-28-25-38-14-6-7-20-45(38)58(54)60)44-29-30-50(47-22-9-8-21-46(44)47)51-31-32-53(49-24-11-10-23-48(49)51)57-36-56(62-59(63-57)39-15-4-3-5-16-39)42-18-12-17-40(34-42)43-19-13-33-61-37-43/h3-37,46-47H,1-2H3. The van der Waals surface area contributed by atoms with E-state index in [1.54, 1.807) is 0 Å². The molecular formula is C60H43N3. The fourth-order valence-electron chi connectivity index (χ4n) is 10.6. The Hall–Kier alpha value is -7.75. The molecule has 0 radical (unpaired) electrons. The molecule has 63 heavy (non-hydrogen) atoms. The van der Waals surface area contributed by atoms with Crippen LogP contribution in [0.5, 0.6) is 0 Å². The zero-order valence-corrected chi connectivity index (χ0v) is 35.2. The van der Waals surface area contributed by atoms with Crippen LogP contribution < -0.4 is 0 Å². The van der Waals surface area contributed by atoms with Crippen molar-refractivity contribution in [2.75, 3.05) is 0 Å². The predicted octanol–water partition coefficient (Wildman–Crippen LogP) is 15.0. The normalized spacial score (nSPS) is 16.9. The molecule has 2 aromatic heterocycles. The van der Waals surface area contributed by atoms with Crippen molar-refractivity contribution in [3.05, 3.63) is 235 Å². The van der Waals surface area contributed by atoms with Gasteiger partial charge in [-0.05, 0) is 95.9 Å². The van der Waals surface area contributed by atoms with E-state index in [2.05, 4.69) is 195 Å². The monoisotopic (exact) mass is 805 g/mol. The smallest absolute Gasteiger partial charge is 0.160 e. The van der Waals surface area contributed by atoms with Crippen LogP contribution in [0.2, 0.25) is 0 Å². The number of nitrogens with zero attached hydrogens (tertiary/aromatic N) is 3. The second kappa shape index (κ2) is 14.7. The molecule has 0 saturated carbocycles. The van der Waals surface area contributed by atoms with E-state index in [1.165, 1.54) is 66.1 Å². The van der Waals surface area contributed by atoms with E-state index in [-0.39, 0.29) is 17.3 Å².